The maximum Gasteiger partial charge on any atom is 0.410 e. The van der Waals surface area contributed by atoms with Crippen LogP contribution < -0.4 is 0 Å². The molecule has 0 fully saturated rings. The van der Waals surface area contributed by atoms with Crippen LogP contribution in [-0.4, -0.2) is 32.9 Å². The van der Waals surface area contributed by atoms with Crippen molar-refractivity contribution in [3.05, 3.63) is 17.0 Å². The van der Waals surface area contributed by atoms with Gasteiger partial charge in [-0.3, -0.25) is 4.68 Å². The molecule has 1 amide bonds. The zero-order valence-electron chi connectivity index (χ0n) is 11.8. The number of amides is 1. The Kier molecular flexibility index (Phi) is 3.09. The topological polar surface area (TPSA) is 47.4 Å². The molecule has 0 saturated carbocycles. The molecular weight excluding hydrogens is 230 g/mol. The van der Waals surface area contributed by atoms with Gasteiger partial charge in [0.1, 0.15) is 5.60 Å². The summed E-state index contributed by atoms with van der Waals surface area (Å²) < 4.78 is 7.28. The largest absolute Gasteiger partial charge is 0.444 e. The Morgan fingerprint density at radius 1 is 1.39 bits per heavy atom. The molecule has 0 bridgehead atoms. The number of nitrogens with zero attached hydrogens (tertiary/aromatic N) is 3. The van der Waals surface area contributed by atoms with Crippen molar-refractivity contribution in [1.82, 2.24) is 14.7 Å². The average molecular weight is 251 g/mol. The Morgan fingerprint density at radius 3 is 2.67 bits per heavy atom. The van der Waals surface area contributed by atoms with E-state index in [1.54, 1.807) is 4.90 Å². The molecule has 0 unspecified atom stereocenters. The van der Waals surface area contributed by atoms with Gasteiger partial charge < -0.3 is 9.64 Å². The van der Waals surface area contributed by atoms with Crippen molar-refractivity contribution in [1.29, 1.82) is 0 Å². The minimum atomic E-state index is -0.443. The van der Waals surface area contributed by atoms with Crippen LogP contribution in [0.15, 0.2) is 0 Å². The van der Waals surface area contributed by atoms with E-state index in [1.807, 2.05) is 39.4 Å². The van der Waals surface area contributed by atoms with E-state index >= 15 is 0 Å². The van der Waals surface area contributed by atoms with Crippen LogP contribution in [0.1, 0.15) is 37.7 Å². The van der Waals surface area contributed by atoms with E-state index in [1.165, 1.54) is 0 Å². The molecular formula is C13H21N3O2. The van der Waals surface area contributed by atoms with E-state index in [-0.39, 0.29) is 6.09 Å². The zero-order chi connectivity index (χ0) is 13.5. The molecule has 1 aromatic heterocycles. The van der Waals surface area contributed by atoms with Gasteiger partial charge in [-0.1, -0.05) is 0 Å². The molecule has 0 saturated heterocycles. The fourth-order valence-corrected chi connectivity index (χ4v) is 2.12. The predicted molar refractivity (Wildman–Crippen MR) is 68.3 cm³/mol. The minimum absolute atomic E-state index is 0.239. The molecule has 18 heavy (non-hydrogen) atoms. The summed E-state index contributed by atoms with van der Waals surface area (Å²) in [4.78, 5) is 13.8. The van der Waals surface area contributed by atoms with Gasteiger partial charge in [0, 0.05) is 31.3 Å². The van der Waals surface area contributed by atoms with Crippen molar-refractivity contribution < 1.29 is 9.53 Å². The standard InChI is InChI=1S/C13H21N3O2/c1-9-10-8-16(12(17)18-13(2,3)4)7-6-11(10)14-15(9)5/h6-8H2,1-5H3. The Morgan fingerprint density at radius 2 is 2.06 bits per heavy atom. The van der Waals surface area contributed by atoms with Crippen LogP contribution in [0.3, 0.4) is 0 Å². The number of hydrogen-bond acceptors (Lipinski definition) is 3. The summed E-state index contributed by atoms with van der Waals surface area (Å²) in [7, 11) is 1.94. The van der Waals surface area contributed by atoms with Gasteiger partial charge in [0.25, 0.3) is 0 Å². The SMILES string of the molecule is Cc1c2c(nn1C)CCN(C(=O)OC(C)(C)C)C2. The van der Waals surface area contributed by atoms with Crippen molar-refractivity contribution in [2.24, 2.45) is 7.05 Å². The fourth-order valence-electron chi connectivity index (χ4n) is 2.12. The highest BCUT2D eigenvalue weighted by Crippen LogP contribution is 2.22. The summed E-state index contributed by atoms with van der Waals surface area (Å²) in [5.41, 5.74) is 2.95. The number of aromatic nitrogens is 2. The third-order valence-electron chi connectivity index (χ3n) is 3.16. The first-order chi connectivity index (χ1) is 8.28. The molecule has 1 aromatic rings. The third-order valence-corrected chi connectivity index (χ3v) is 3.16. The fraction of sp³-hybridized carbons (Fsp3) is 0.692. The molecule has 2 heterocycles. The highest BCUT2D eigenvalue weighted by molar-refractivity contribution is 5.68. The molecule has 0 spiro atoms. The maximum atomic E-state index is 12.0. The highest BCUT2D eigenvalue weighted by atomic mass is 16.6. The van der Waals surface area contributed by atoms with Gasteiger partial charge in [-0.2, -0.15) is 5.10 Å². The van der Waals surface area contributed by atoms with Crippen molar-refractivity contribution in [3.8, 4) is 0 Å². The van der Waals surface area contributed by atoms with Crippen molar-refractivity contribution >= 4 is 6.09 Å². The molecule has 0 aromatic carbocycles. The number of fused-ring (bicyclic) bond motifs is 1. The molecule has 2 rings (SSSR count). The van der Waals surface area contributed by atoms with Crippen molar-refractivity contribution in [2.45, 2.75) is 46.3 Å². The lowest BCUT2D eigenvalue weighted by atomic mass is 10.1. The second-order valence-electron chi connectivity index (χ2n) is 5.79. The van der Waals surface area contributed by atoms with Gasteiger partial charge in [0.2, 0.25) is 0 Å². The molecule has 1 aliphatic rings. The van der Waals surface area contributed by atoms with E-state index < -0.39 is 5.60 Å². The number of carbonyl (C=O) groups excluding carboxylic acids is 1. The number of carbonyl (C=O) groups is 1. The molecule has 0 N–H and O–H groups in total. The van der Waals surface area contributed by atoms with Gasteiger partial charge in [0.15, 0.2) is 0 Å². The number of aryl methyl sites for hydroxylation is 1. The predicted octanol–water partition coefficient (Wildman–Crippen LogP) is 2.02. The smallest absolute Gasteiger partial charge is 0.410 e. The van der Waals surface area contributed by atoms with Gasteiger partial charge in [0.05, 0.1) is 12.2 Å². The summed E-state index contributed by atoms with van der Waals surface area (Å²) in [5.74, 6) is 0. The lowest BCUT2D eigenvalue weighted by Gasteiger charge is -2.29. The molecule has 0 aliphatic carbocycles. The van der Waals surface area contributed by atoms with Gasteiger partial charge in [-0.25, -0.2) is 4.79 Å². The van der Waals surface area contributed by atoms with Crippen LogP contribution in [0.4, 0.5) is 4.79 Å². The first-order valence-corrected chi connectivity index (χ1v) is 6.27. The highest BCUT2D eigenvalue weighted by Gasteiger charge is 2.28. The molecule has 100 valence electrons. The van der Waals surface area contributed by atoms with Crippen LogP contribution >= 0.6 is 0 Å². The lowest BCUT2D eigenvalue weighted by Crippen LogP contribution is -2.39. The maximum absolute atomic E-state index is 12.0. The van der Waals surface area contributed by atoms with Gasteiger partial charge >= 0.3 is 6.09 Å². The molecule has 1 aliphatic heterocycles. The zero-order valence-corrected chi connectivity index (χ0v) is 11.8. The van der Waals surface area contributed by atoms with Crippen molar-refractivity contribution in [2.75, 3.05) is 6.54 Å². The Hall–Kier alpha value is -1.52. The van der Waals surface area contributed by atoms with Crippen LogP contribution in [0.5, 0.6) is 0 Å². The average Bonchev–Trinajstić information content (AvgIpc) is 2.52. The summed E-state index contributed by atoms with van der Waals surface area (Å²) in [5, 5.41) is 4.46. The monoisotopic (exact) mass is 251 g/mol. The first kappa shape index (κ1) is 12.9. The minimum Gasteiger partial charge on any atom is -0.444 e. The van der Waals surface area contributed by atoms with Crippen molar-refractivity contribution in [3.63, 3.8) is 0 Å². The van der Waals surface area contributed by atoms with Crippen LogP contribution in [-0.2, 0) is 24.8 Å². The van der Waals surface area contributed by atoms with Gasteiger partial charge in [-0.15, -0.1) is 0 Å². The molecule has 0 radical (unpaired) electrons. The summed E-state index contributed by atoms with van der Waals surface area (Å²) in [6.07, 6.45) is 0.562. The second kappa shape index (κ2) is 4.30. The molecule has 5 nitrogen and oxygen atoms in total. The van der Waals surface area contributed by atoms with Gasteiger partial charge in [-0.05, 0) is 27.7 Å². The Balaban J connectivity index is 2.12. The van der Waals surface area contributed by atoms with Crippen LogP contribution in [0.2, 0.25) is 0 Å². The van der Waals surface area contributed by atoms with E-state index in [4.69, 9.17) is 4.74 Å². The molecule has 0 atom stereocenters. The van der Waals surface area contributed by atoms with Crippen LogP contribution in [0, 0.1) is 6.92 Å². The van der Waals surface area contributed by atoms with E-state index in [0.717, 1.165) is 23.4 Å². The number of hydrogen-bond donors (Lipinski definition) is 0. The number of rotatable bonds is 0. The third kappa shape index (κ3) is 2.49. The van der Waals surface area contributed by atoms with E-state index in [0.29, 0.717) is 13.1 Å². The first-order valence-electron chi connectivity index (χ1n) is 6.27. The Labute approximate surface area is 108 Å². The Bertz CT molecular complexity index is 471. The second-order valence-corrected chi connectivity index (χ2v) is 5.79. The summed E-state index contributed by atoms with van der Waals surface area (Å²) in [6, 6.07) is 0. The quantitative estimate of drug-likeness (QED) is 0.708. The lowest BCUT2D eigenvalue weighted by molar-refractivity contribution is 0.0223. The number of ether oxygens (including phenoxy) is 1. The molecule has 5 heteroatoms. The van der Waals surface area contributed by atoms with E-state index in [9.17, 15) is 4.79 Å². The summed E-state index contributed by atoms with van der Waals surface area (Å²) in [6.45, 7) is 8.97. The van der Waals surface area contributed by atoms with Crippen LogP contribution in [0.25, 0.3) is 0 Å². The summed E-state index contributed by atoms with van der Waals surface area (Å²) >= 11 is 0. The van der Waals surface area contributed by atoms with E-state index in [2.05, 4.69) is 5.10 Å². The normalized spacial score (nSPS) is 15.5.